The summed E-state index contributed by atoms with van der Waals surface area (Å²) in [6, 6.07) is 6.75. The van der Waals surface area contributed by atoms with Crippen LogP contribution >= 0.6 is 0 Å². The lowest BCUT2D eigenvalue weighted by Crippen LogP contribution is -2.39. The number of nitriles is 1. The van der Waals surface area contributed by atoms with Crippen LogP contribution in [-0.2, 0) is 6.54 Å². The lowest BCUT2D eigenvalue weighted by atomic mass is 9.80. The number of nitrogens with zero attached hydrogens (tertiary/aromatic N) is 7. The fourth-order valence-corrected chi connectivity index (χ4v) is 5.82. The molecule has 0 unspecified atom stereocenters. The highest BCUT2D eigenvalue weighted by Crippen LogP contribution is 2.38. The summed E-state index contributed by atoms with van der Waals surface area (Å²) < 4.78 is 2.32. The van der Waals surface area contributed by atoms with Crippen molar-refractivity contribution in [3.63, 3.8) is 0 Å². The Hall–Kier alpha value is -3.01. The average Bonchev–Trinajstić information content (AvgIpc) is 3.21. The topological polar surface area (TPSA) is 83.5 Å². The fraction of sp³-hybridized carbons (Fsp3) is 0.621. The zero-order valence-corrected chi connectivity index (χ0v) is 22.4. The lowest BCUT2D eigenvalue weighted by Gasteiger charge is -2.38. The maximum absolute atomic E-state index is 9.74. The van der Waals surface area contributed by atoms with E-state index in [2.05, 4.69) is 67.4 Å². The standard InChI is InChI=1S/C29H39N7/c1-18(2)23-13-14-31-24(15-23)28-34-27-26(36(28)17-21-11-9-19(3)10-12-21)29(33-25(16-30)32-27)35(5)20(4)22-7-6-8-22/h13-15,18-22H,6-12,17H2,1-5H3/t19?,20-,21?/m1/s1. The van der Waals surface area contributed by atoms with Crippen molar-refractivity contribution in [1.82, 2.24) is 24.5 Å². The Morgan fingerprint density at radius 3 is 2.47 bits per heavy atom. The van der Waals surface area contributed by atoms with Gasteiger partial charge >= 0.3 is 0 Å². The van der Waals surface area contributed by atoms with E-state index >= 15 is 0 Å². The molecule has 2 saturated carbocycles. The molecule has 5 rings (SSSR count). The van der Waals surface area contributed by atoms with Gasteiger partial charge in [0, 0.05) is 25.8 Å². The smallest absolute Gasteiger partial charge is 0.236 e. The lowest BCUT2D eigenvalue weighted by molar-refractivity contribution is 0.265. The molecule has 0 saturated heterocycles. The second-order valence-electron chi connectivity index (χ2n) is 11.5. The molecule has 190 valence electrons. The minimum atomic E-state index is 0.178. The van der Waals surface area contributed by atoms with Crippen LogP contribution < -0.4 is 4.90 Å². The molecule has 0 spiro atoms. The number of aromatic nitrogens is 5. The van der Waals surface area contributed by atoms with Crippen molar-refractivity contribution in [3.05, 3.63) is 29.7 Å². The zero-order chi connectivity index (χ0) is 25.4. The highest BCUT2D eigenvalue weighted by atomic mass is 15.2. The molecule has 3 heterocycles. The Labute approximate surface area is 215 Å². The van der Waals surface area contributed by atoms with Crippen molar-refractivity contribution >= 4 is 17.0 Å². The first kappa shape index (κ1) is 24.7. The molecule has 0 bridgehead atoms. The van der Waals surface area contributed by atoms with Gasteiger partial charge < -0.3 is 9.47 Å². The summed E-state index contributed by atoms with van der Waals surface area (Å²) in [7, 11) is 2.11. The second-order valence-corrected chi connectivity index (χ2v) is 11.5. The molecule has 1 atom stereocenters. The summed E-state index contributed by atoms with van der Waals surface area (Å²) in [6.07, 6.45) is 10.7. The van der Waals surface area contributed by atoms with Crippen molar-refractivity contribution < 1.29 is 0 Å². The van der Waals surface area contributed by atoms with E-state index in [9.17, 15) is 5.26 Å². The van der Waals surface area contributed by atoms with Gasteiger partial charge in [-0.3, -0.25) is 4.98 Å². The van der Waals surface area contributed by atoms with Gasteiger partial charge in [-0.15, -0.1) is 0 Å². The van der Waals surface area contributed by atoms with Gasteiger partial charge in [0.25, 0.3) is 0 Å². The maximum atomic E-state index is 9.74. The summed E-state index contributed by atoms with van der Waals surface area (Å²) in [5.41, 5.74) is 3.64. The summed E-state index contributed by atoms with van der Waals surface area (Å²) in [5, 5.41) is 9.74. The van der Waals surface area contributed by atoms with Crippen molar-refractivity contribution in [2.24, 2.45) is 17.8 Å². The fourth-order valence-electron chi connectivity index (χ4n) is 5.82. The normalized spacial score (nSPS) is 21.4. The molecule has 0 aromatic carbocycles. The third kappa shape index (κ3) is 4.70. The first-order valence-corrected chi connectivity index (χ1v) is 13.7. The molecule has 3 aromatic heterocycles. The van der Waals surface area contributed by atoms with Crippen LogP contribution in [0.25, 0.3) is 22.7 Å². The number of hydrogen-bond donors (Lipinski definition) is 0. The molecule has 2 fully saturated rings. The van der Waals surface area contributed by atoms with Crippen LogP contribution in [0, 0.1) is 29.1 Å². The molecule has 2 aliphatic rings. The van der Waals surface area contributed by atoms with Crippen LogP contribution in [0.4, 0.5) is 5.82 Å². The SMILES string of the molecule is CC1CCC(Cn2c(-c3cc(C(C)C)ccn3)nc3nc(C#N)nc(N(C)[C@H](C)C4CCC4)c32)CC1. The number of pyridine rings is 1. The molecule has 3 aromatic rings. The van der Waals surface area contributed by atoms with Crippen molar-refractivity contribution in [1.29, 1.82) is 5.26 Å². The number of fused-ring (bicyclic) bond motifs is 1. The Balaban J connectivity index is 1.67. The summed E-state index contributed by atoms with van der Waals surface area (Å²) in [6.45, 7) is 9.92. The minimum absolute atomic E-state index is 0.178. The Morgan fingerprint density at radius 1 is 1.08 bits per heavy atom. The molecule has 36 heavy (non-hydrogen) atoms. The largest absolute Gasteiger partial charge is 0.355 e. The Kier molecular flexibility index (Phi) is 6.96. The maximum Gasteiger partial charge on any atom is 0.236 e. The highest BCUT2D eigenvalue weighted by molar-refractivity contribution is 5.87. The number of rotatable bonds is 7. The van der Waals surface area contributed by atoms with E-state index in [1.165, 1.54) is 50.5 Å². The molecule has 0 radical (unpaired) electrons. The Bertz CT molecular complexity index is 1260. The van der Waals surface area contributed by atoms with Crippen LogP contribution in [0.3, 0.4) is 0 Å². The van der Waals surface area contributed by atoms with Gasteiger partial charge in [0.2, 0.25) is 5.82 Å². The van der Waals surface area contributed by atoms with Crippen LogP contribution in [0.15, 0.2) is 18.3 Å². The third-order valence-electron chi connectivity index (χ3n) is 8.72. The first-order valence-electron chi connectivity index (χ1n) is 13.7. The predicted molar refractivity (Wildman–Crippen MR) is 144 cm³/mol. The average molecular weight is 486 g/mol. The summed E-state index contributed by atoms with van der Waals surface area (Å²) in [4.78, 5) is 21.4. The van der Waals surface area contributed by atoms with Crippen molar-refractivity contribution in [2.45, 2.75) is 91.1 Å². The highest BCUT2D eigenvalue weighted by Gasteiger charge is 2.31. The van der Waals surface area contributed by atoms with E-state index in [-0.39, 0.29) is 5.82 Å². The van der Waals surface area contributed by atoms with E-state index in [1.807, 2.05) is 6.20 Å². The van der Waals surface area contributed by atoms with Crippen molar-refractivity contribution in [3.8, 4) is 17.6 Å². The quantitative estimate of drug-likeness (QED) is 0.388. The molecule has 0 N–H and O–H groups in total. The van der Waals surface area contributed by atoms with Gasteiger partial charge in [0.1, 0.15) is 17.3 Å². The van der Waals surface area contributed by atoms with E-state index in [1.54, 1.807) is 0 Å². The van der Waals surface area contributed by atoms with Gasteiger partial charge in [-0.2, -0.15) is 15.2 Å². The first-order chi connectivity index (χ1) is 17.4. The monoisotopic (exact) mass is 485 g/mol. The zero-order valence-electron chi connectivity index (χ0n) is 22.4. The summed E-state index contributed by atoms with van der Waals surface area (Å²) in [5.74, 6) is 4.28. The molecule has 2 aliphatic carbocycles. The molecule has 7 nitrogen and oxygen atoms in total. The van der Waals surface area contributed by atoms with Crippen LogP contribution in [0.2, 0.25) is 0 Å². The molecular formula is C29H39N7. The molecular weight excluding hydrogens is 446 g/mol. The molecule has 0 aliphatic heterocycles. The van der Waals surface area contributed by atoms with Gasteiger partial charge in [-0.25, -0.2) is 4.98 Å². The van der Waals surface area contributed by atoms with Crippen LogP contribution in [0.5, 0.6) is 0 Å². The number of imidazole rings is 1. The number of hydrogen-bond acceptors (Lipinski definition) is 6. The van der Waals surface area contributed by atoms with Crippen LogP contribution in [0.1, 0.15) is 89.9 Å². The minimum Gasteiger partial charge on any atom is -0.355 e. The van der Waals surface area contributed by atoms with Gasteiger partial charge in [0.15, 0.2) is 17.3 Å². The van der Waals surface area contributed by atoms with E-state index in [0.29, 0.717) is 29.4 Å². The van der Waals surface area contributed by atoms with Crippen molar-refractivity contribution in [2.75, 3.05) is 11.9 Å². The van der Waals surface area contributed by atoms with Crippen LogP contribution in [-0.4, -0.2) is 37.6 Å². The van der Waals surface area contributed by atoms with E-state index in [0.717, 1.165) is 35.3 Å². The molecule has 0 amide bonds. The second kappa shape index (κ2) is 10.2. The van der Waals surface area contributed by atoms with Gasteiger partial charge in [-0.1, -0.05) is 40.0 Å². The Morgan fingerprint density at radius 2 is 1.83 bits per heavy atom. The van der Waals surface area contributed by atoms with E-state index < -0.39 is 0 Å². The number of anilines is 1. The van der Waals surface area contributed by atoms with Gasteiger partial charge in [-0.05, 0) is 74.0 Å². The third-order valence-corrected chi connectivity index (χ3v) is 8.72. The summed E-state index contributed by atoms with van der Waals surface area (Å²) >= 11 is 0. The van der Waals surface area contributed by atoms with E-state index in [4.69, 9.17) is 15.0 Å². The predicted octanol–water partition coefficient (Wildman–Crippen LogP) is 6.33. The molecule has 7 heteroatoms. The van der Waals surface area contributed by atoms with Gasteiger partial charge in [0.05, 0.1) is 0 Å².